The number of aliphatic hydroxyl groups excluding tert-OH is 1. The van der Waals surface area contributed by atoms with E-state index in [1.54, 1.807) is 4.90 Å². The van der Waals surface area contributed by atoms with Crippen LogP contribution < -0.4 is 5.32 Å². The molecule has 1 aliphatic carbocycles. The van der Waals surface area contributed by atoms with Crippen LogP contribution in [-0.2, 0) is 9.53 Å². The molecule has 0 bridgehead atoms. The van der Waals surface area contributed by atoms with Crippen molar-refractivity contribution < 1.29 is 14.6 Å². The van der Waals surface area contributed by atoms with E-state index >= 15 is 0 Å². The lowest BCUT2D eigenvalue weighted by Gasteiger charge is -2.29. The van der Waals surface area contributed by atoms with E-state index in [-0.39, 0.29) is 18.6 Å². The van der Waals surface area contributed by atoms with Gasteiger partial charge in [-0.3, -0.25) is 4.79 Å². The zero-order valence-corrected chi connectivity index (χ0v) is 13.8. The monoisotopic (exact) mass is 300 g/mol. The molecule has 3 unspecified atom stereocenters. The fourth-order valence-electron chi connectivity index (χ4n) is 2.86. The third-order valence-electron chi connectivity index (χ3n) is 4.31. The number of carbonyl (C=O) groups excluding carboxylic acids is 1. The van der Waals surface area contributed by atoms with E-state index < -0.39 is 6.10 Å². The summed E-state index contributed by atoms with van der Waals surface area (Å²) in [5, 5.41) is 12.9. The van der Waals surface area contributed by atoms with Gasteiger partial charge in [0.25, 0.3) is 0 Å². The molecule has 1 amide bonds. The number of ether oxygens (including phenoxy) is 1. The molecule has 1 rings (SSSR count). The van der Waals surface area contributed by atoms with Gasteiger partial charge in [0, 0.05) is 19.6 Å². The molecule has 0 aromatic heterocycles. The molecule has 0 aliphatic heterocycles. The van der Waals surface area contributed by atoms with Crippen molar-refractivity contribution in [3.05, 3.63) is 0 Å². The van der Waals surface area contributed by atoms with Crippen LogP contribution in [0.2, 0.25) is 0 Å². The lowest BCUT2D eigenvalue weighted by Crippen LogP contribution is -2.41. The summed E-state index contributed by atoms with van der Waals surface area (Å²) in [4.78, 5) is 13.6. The Morgan fingerprint density at radius 3 is 2.62 bits per heavy atom. The molecule has 2 N–H and O–H groups in total. The second-order valence-corrected chi connectivity index (χ2v) is 5.98. The Hall–Kier alpha value is -0.650. The fraction of sp³-hybridized carbons (Fsp3) is 0.938. The SMILES string of the molecule is CCN(CC)C(=O)CNCC(O)COC1CCCCC1C. The highest BCUT2D eigenvalue weighted by molar-refractivity contribution is 5.78. The molecular formula is C16H32N2O3. The van der Waals surface area contributed by atoms with Crippen LogP contribution in [0.25, 0.3) is 0 Å². The number of nitrogens with one attached hydrogen (secondary N) is 1. The third kappa shape index (κ3) is 6.76. The van der Waals surface area contributed by atoms with Gasteiger partial charge in [0.15, 0.2) is 0 Å². The first-order valence-corrected chi connectivity index (χ1v) is 8.36. The number of nitrogens with zero attached hydrogens (tertiary/aromatic N) is 1. The van der Waals surface area contributed by atoms with Crippen LogP contribution >= 0.6 is 0 Å². The zero-order chi connectivity index (χ0) is 15.7. The number of likely N-dealkylation sites (N-methyl/N-ethyl adjacent to an activating group) is 1. The predicted molar refractivity (Wildman–Crippen MR) is 84.2 cm³/mol. The normalized spacial score (nSPS) is 23.8. The molecule has 0 radical (unpaired) electrons. The lowest BCUT2D eigenvalue weighted by molar-refractivity contribution is -0.130. The summed E-state index contributed by atoms with van der Waals surface area (Å²) in [7, 11) is 0. The minimum atomic E-state index is -0.552. The van der Waals surface area contributed by atoms with Gasteiger partial charge in [-0.25, -0.2) is 0 Å². The van der Waals surface area contributed by atoms with E-state index in [9.17, 15) is 9.90 Å². The number of amides is 1. The maximum absolute atomic E-state index is 11.8. The molecule has 3 atom stereocenters. The summed E-state index contributed by atoms with van der Waals surface area (Å²) in [6.45, 7) is 8.63. The van der Waals surface area contributed by atoms with Crippen molar-refractivity contribution in [2.45, 2.75) is 58.7 Å². The maximum Gasteiger partial charge on any atom is 0.236 e. The van der Waals surface area contributed by atoms with Crippen LogP contribution in [-0.4, -0.2) is 60.9 Å². The number of rotatable bonds is 9. The van der Waals surface area contributed by atoms with Gasteiger partial charge in [-0.15, -0.1) is 0 Å². The highest BCUT2D eigenvalue weighted by Crippen LogP contribution is 2.26. The van der Waals surface area contributed by atoms with Crippen LogP contribution in [0.3, 0.4) is 0 Å². The topological polar surface area (TPSA) is 61.8 Å². The van der Waals surface area contributed by atoms with E-state index in [2.05, 4.69) is 12.2 Å². The van der Waals surface area contributed by atoms with Crippen LogP contribution in [0.15, 0.2) is 0 Å². The molecule has 0 saturated heterocycles. The van der Waals surface area contributed by atoms with E-state index in [4.69, 9.17) is 4.74 Å². The molecule has 124 valence electrons. The number of hydrogen-bond acceptors (Lipinski definition) is 4. The average molecular weight is 300 g/mol. The quantitative estimate of drug-likeness (QED) is 0.676. The predicted octanol–water partition coefficient (Wildman–Crippen LogP) is 1.40. The van der Waals surface area contributed by atoms with E-state index in [1.807, 2.05) is 13.8 Å². The van der Waals surface area contributed by atoms with Gasteiger partial charge in [-0.05, 0) is 32.6 Å². The molecule has 0 aromatic carbocycles. The van der Waals surface area contributed by atoms with Gasteiger partial charge >= 0.3 is 0 Å². The number of aliphatic hydroxyl groups is 1. The summed E-state index contributed by atoms with van der Waals surface area (Å²) in [6, 6.07) is 0. The van der Waals surface area contributed by atoms with Gasteiger partial charge in [-0.2, -0.15) is 0 Å². The Morgan fingerprint density at radius 2 is 2.00 bits per heavy atom. The first kappa shape index (κ1) is 18.4. The molecule has 1 saturated carbocycles. The largest absolute Gasteiger partial charge is 0.389 e. The van der Waals surface area contributed by atoms with Crippen molar-refractivity contribution in [1.82, 2.24) is 10.2 Å². The van der Waals surface area contributed by atoms with Gasteiger partial charge in [0.05, 0.1) is 25.4 Å². The molecule has 0 aromatic rings. The van der Waals surface area contributed by atoms with E-state index in [0.717, 1.165) is 19.5 Å². The third-order valence-corrected chi connectivity index (χ3v) is 4.31. The van der Waals surface area contributed by atoms with E-state index in [1.165, 1.54) is 19.3 Å². The molecule has 0 heterocycles. The maximum atomic E-state index is 11.8. The molecule has 0 spiro atoms. The van der Waals surface area contributed by atoms with Gasteiger partial charge in [-0.1, -0.05) is 19.8 Å². The van der Waals surface area contributed by atoms with Gasteiger partial charge < -0.3 is 20.1 Å². The fourth-order valence-corrected chi connectivity index (χ4v) is 2.86. The lowest BCUT2D eigenvalue weighted by atomic mass is 9.88. The molecule has 21 heavy (non-hydrogen) atoms. The van der Waals surface area contributed by atoms with Crippen LogP contribution in [0.4, 0.5) is 0 Å². The van der Waals surface area contributed by atoms with Gasteiger partial charge in [0.1, 0.15) is 0 Å². The Bertz CT molecular complexity index is 295. The van der Waals surface area contributed by atoms with Crippen molar-refractivity contribution in [3.63, 3.8) is 0 Å². The van der Waals surface area contributed by atoms with Crippen molar-refractivity contribution in [3.8, 4) is 0 Å². The molecular weight excluding hydrogens is 268 g/mol. The average Bonchev–Trinajstić information content (AvgIpc) is 2.47. The smallest absolute Gasteiger partial charge is 0.236 e. The minimum absolute atomic E-state index is 0.0778. The van der Waals surface area contributed by atoms with Crippen molar-refractivity contribution in [1.29, 1.82) is 0 Å². The van der Waals surface area contributed by atoms with Crippen LogP contribution in [0.1, 0.15) is 46.5 Å². The highest BCUT2D eigenvalue weighted by Gasteiger charge is 2.22. The van der Waals surface area contributed by atoms with Crippen molar-refractivity contribution >= 4 is 5.91 Å². The second-order valence-electron chi connectivity index (χ2n) is 5.98. The standard InChI is InChI=1S/C16H32N2O3/c1-4-18(5-2)16(20)11-17-10-14(19)12-21-15-9-7-6-8-13(15)3/h13-15,17,19H,4-12H2,1-3H3. The van der Waals surface area contributed by atoms with Crippen LogP contribution in [0.5, 0.6) is 0 Å². The number of hydrogen-bond donors (Lipinski definition) is 2. The summed E-state index contributed by atoms with van der Waals surface area (Å²) in [5.41, 5.74) is 0. The summed E-state index contributed by atoms with van der Waals surface area (Å²) in [5.74, 6) is 0.664. The first-order chi connectivity index (χ1) is 10.1. The molecule has 1 aliphatic rings. The van der Waals surface area contributed by atoms with Crippen LogP contribution in [0, 0.1) is 5.92 Å². The molecule has 5 nitrogen and oxygen atoms in total. The Balaban J connectivity index is 2.13. The summed E-state index contributed by atoms with van der Waals surface area (Å²) < 4.78 is 5.82. The van der Waals surface area contributed by atoms with Gasteiger partial charge in [0.2, 0.25) is 5.91 Å². The zero-order valence-electron chi connectivity index (χ0n) is 13.8. The summed E-state index contributed by atoms with van der Waals surface area (Å²) in [6.07, 6.45) is 4.56. The Labute approximate surface area is 129 Å². The summed E-state index contributed by atoms with van der Waals surface area (Å²) >= 11 is 0. The molecule has 5 heteroatoms. The second kappa shape index (κ2) is 10.1. The highest BCUT2D eigenvalue weighted by atomic mass is 16.5. The van der Waals surface area contributed by atoms with Crippen molar-refractivity contribution in [2.24, 2.45) is 5.92 Å². The van der Waals surface area contributed by atoms with Crippen molar-refractivity contribution in [2.75, 3.05) is 32.8 Å². The Kier molecular flexibility index (Phi) is 8.88. The minimum Gasteiger partial charge on any atom is -0.389 e. The van der Waals surface area contributed by atoms with E-state index in [0.29, 0.717) is 19.1 Å². The Morgan fingerprint density at radius 1 is 1.33 bits per heavy atom. The first-order valence-electron chi connectivity index (χ1n) is 8.36. The number of carbonyl (C=O) groups is 1. The molecule has 1 fully saturated rings.